The molecule has 1 aromatic heterocycles. The Labute approximate surface area is 136 Å². The van der Waals surface area contributed by atoms with Crippen molar-refractivity contribution in [1.82, 2.24) is 15.1 Å². The predicted octanol–water partition coefficient (Wildman–Crippen LogP) is 3.04. The number of amides is 1. The number of nitrogens with zero attached hydrogens (tertiary/aromatic N) is 3. The first kappa shape index (κ1) is 15.8. The number of methoxy groups -OCH3 is 1. The minimum Gasteiger partial charge on any atom is -0.480 e. The molecule has 1 aromatic rings. The molecule has 3 heterocycles. The summed E-state index contributed by atoms with van der Waals surface area (Å²) in [7, 11) is 1.57. The van der Waals surface area contributed by atoms with E-state index < -0.39 is 5.60 Å². The molecular formula is C17H23N3O3. The Bertz CT molecular complexity index is 619. The molecule has 1 amide bonds. The van der Waals surface area contributed by atoms with Crippen molar-refractivity contribution in [1.29, 1.82) is 0 Å². The molecule has 0 spiro atoms. The Morgan fingerprint density at radius 2 is 2.04 bits per heavy atom. The van der Waals surface area contributed by atoms with E-state index >= 15 is 0 Å². The molecule has 0 radical (unpaired) electrons. The maximum Gasteiger partial charge on any atom is 0.411 e. The molecule has 1 fully saturated rings. The number of fused-ring (bicyclic) bond motifs is 2. The van der Waals surface area contributed by atoms with Crippen molar-refractivity contribution in [3.8, 4) is 5.88 Å². The van der Waals surface area contributed by atoms with Crippen molar-refractivity contribution in [3.05, 3.63) is 23.9 Å². The minimum absolute atomic E-state index is 0.0856. The molecule has 3 rings (SSSR count). The zero-order valence-electron chi connectivity index (χ0n) is 14.1. The van der Waals surface area contributed by atoms with Crippen LogP contribution in [0.5, 0.6) is 5.88 Å². The first-order valence-corrected chi connectivity index (χ1v) is 7.97. The summed E-state index contributed by atoms with van der Waals surface area (Å²) in [6.45, 7) is 5.68. The predicted molar refractivity (Wildman–Crippen MR) is 86.1 cm³/mol. The summed E-state index contributed by atoms with van der Waals surface area (Å²) in [6, 6.07) is 3.99. The molecule has 1 saturated heterocycles. The highest BCUT2D eigenvalue weighted by molar-refractivity contribution is 5.74. The third-order valence-corrected chi connectivity index (χ3v) is 4.18. The van der Waals surface area contributed by atoms with E-state index in [0.29, 0.717) is 5.88 Å². The molecule has 2 bridgehead atoms. The third kappa shape index (κ3) is 3.30. The molecule has 124 valence electrons. The highest BCUT2D eigenvalue weighted by Gasteiger charge is 2.41. The van der Waals surface area contributed by atoms with Crippen LogP contribution < -0.4 is 4.74 Å². The van der Waals surface area contributed by atoms with Crippen molar-refractivity contribution in [2.75, 3.05) is 7.11 Å². The summed E-state index contributed by atoms with van der Waals surface area (Å²) in [6.07, 6.45) is 4.66. The lowest BCUT2D eigenvalue weighted by Gasteiger charge is -2.35. The number of aromatic nitrogens is 2. The maximum absolute atomic E-state index is 12.4. The average molecular weight is 317 g/mol. The van der Waals surface area contributed by atoms with Gasteiger partial charge in [-0.15, -0.1) is 10.2 Å². The van der Waals surface area contributed by atoms with E-state index in [1.807, 2.05) is 37.8 Å². The monoisotopic (exact) mass is 317 g/mol. The first-order chi connectivity index (χ1) is 10.9. The van der Waals surface area contributed by atoms with Crippen LogP contribution in [0.2, 0.25) is 0 Å². The van der Waals surface area contributed by atoms with E-state index in [0.717, 1.165) is 30.5 Å². The Morgan fingerprint density at radius 1 is 1.26 bits per heavy atom. The fourth-order valence-corrected chi connectivity index (χ4v) is 3.22. The van der Waals surface area contributed by atoms with Gasteiger partial charge in [-0.3, -0.25) is 4.90 Å². The van der Waals surface area contributed by atoms with Crippen molar-refractivity contribution in [2.45, 2.75) is 57.7 Å². The second kappa shape index (κ2) is 5.83. The molecule has 0 aromatic carbocycles. The van der Waals surface area contributed by atoms with Crippen molar-refractivity contribution in [2.24, 2.45) is 0 Å². The fourth-order valence-electron chi connectivity index (χ4n) is 3.22. The lowest BCUT2D eigenvalue weighted by atomic mass is 9.99. The van der Waals surface area contributed by atoms with Crippen LogP contribution in [-0.2, 0) is 4.74 Å². The van der Waals surface area contributed by atoms with Crippen LogP contribution in [0, 0.1) is 0 Å². The van der Waals surface area contributed by atoms with E-state index in [4.69, 9.17) is 9.47 Å². The van der Waals surface area contributed by atoms with E-state index in [9.17, 15) is 4.79 Å². The molecule has 2 aliphatic rings. The van der Waals surface area contributed by atoms with Crippen LogP contribution in [0.1, 0.15) is 45.7 Å². The van der Waals surface area contributed by atoms with Crippen molar-refractivity contribution >= 4 is 11.7 Å². The van der Waals surface area contributed by atoms with E-state index in [-0.39, 0.29) is 18.2 Å². The minimum atomic E-state index is -0.470. The van der Waals surface area contributed by atoms with Gasteiger partial charge in [0.1, 0.15) is 5.60 Å². The third-order valence-electron chi connectivity index (χ3n) is 4.18. The highest BCUT2D eigenvalue weighted by atomic mass is 16.6. The largest absolute Gasteiger partial charge is 0.480 e. The number of hydrogen-bond acceptors (Lipinski definition) is 5. The molecule has 6 nitrogen and oxygen atoms in total. The van der Waals surface area contributed by atoms with Gasteiger partial charge in [-0.25, -0.2) is 4.79 Å². The summed E-state index contributed by atoms with van der Waals surface area (Å²) in [5.41, 5.74) is 1.53. The van der Waals surface area contributed by atoms with Crippen molar-refractivity contribution in [3.63, 3.8) is 0 Å². The molecule has 23 heavy (non-hydrogen) atoms. The number of ether oxygens (including phenoxy) is 2. The van der Waals surface area contributed by atoms with E-state index in [1.165, 1.54) is 0 Å². The van der Waals surface area contributed by atoms with Gasteiger partial charge in [0.2, 0.25) is 5.88 Å². The summed E-state index contributed by atoms with van der Waals surface area (Å²) in [5, 5.41) is 8.25. The lowest BCUT2D eigenvalue weighted by molar-refractivity contribution is 0.0175. The SMILES string of the molecule is COc1ccc(C2=CC3CCC(C2)N3C(=O)OC(C)(C)C)nn1. The van der Waals surface area contributed by atoms with Gasteiger partial charge in [0.25, 0.3) is 0 Å². The lowest BCUT2D eigenvalue weighted by Crippen LogP contribution is -2.45. The smallest absolute Gasteiger partial charge is 0.411 e. The van der Waals surface area contributed by atoms with Gasteiger partial charge < -0.3 is 9.47 Å². The fraction of sp³-hybridized carbons (Fsp3) is 0.588. The Balaban J connectivity index is 1.78. The summed E-state index contributed by atoms with van der Waals surface area (Å²) >= 11 is 0. The first-order valence-electron chi connectivity index (χ1n) is 7.97. The number of carbonyl (C=O) groups excluding carboxylic acids is 1. The van der Waals surface area contributed by atoms with Gasteiger partial charge in [0.05, 0.1) is 18.8 Å². The van der Waals surface area contributed by atoms with Crippen LogP contribution in [-0.4, -0.2) is 46.0 Å². The van der Waals surface area contributed by atoms with E-state index in [2.05, 4.69) is 16.3 Å². The molecule has 0 N–H and O–H groups in total. The standard InChI is InChI=1S/C17H23N3O3/c1-17(2,3)23-16(21)20-12-5-6-13(20)10-11(9-12)14-7-8-15(22-4)19-18-14/h7-9,12-13H,5-6,10H2,1-4H3. The maximum atomic E-state index is 12.4. The topological polar surface area (TPSA) is 64.5 Å². The summed E-state index contributed by atoms with van der Waals surface area (Å²) in [5.74, 6) is 0.503. The Kier molecular flexibility index (Phi) is 4.00. The number of rotatable bonds is 2. The molecule has 2 aliphatic heterocycles. The molecule has 6 heteroatoms. The van der Waals surface area contributed by atoms with E-state index in [1.54, 1.807) is 7.11 Å². The number of carbonyl (C=O) groups is 1. The van der Waals surface area contributed by atoms with Gasteiger partial charge in [-0.1, -0.05) is 6.08 Å². The van der Waals surface area contributed by atoms with Crippen molar-refractivity contribution < 1.29 is 14.3 Å². The van der Waals surface area contributed by atoms with Gasteiger partial charge in [-0.05, 0) is 51.7 Å². The highest BCUT2D eigenvalue weighted by Crippen LogP contribution is 2.38. The van der Waals surface area contributed by atoms with Crippen LogP contribution in [0.3, 0.4) is 0 Å². The zero-order chi connectivity index (χ0) is 16.6. The van der Waals surface area contributed by atoms with Crippen LogP contribution in [0.25, 0.3) is 5.57 Å². The molecule has 0 aliphatic carbocycles. The zero-order valence-corrected chi connectivity index (χ0v) is 14.1. The van der Waals surface area contributed by atoms with Crippen LogP contribution >= 0.6 is 0 Å². The summed E-state index contributed by atoms with van der Waals surface area (Å²) < 4.78 is 10.6. The Morgan fingerprint density at radius 3 is 2.61 bits per heavy atom. The molecule has 2 atom stereocenters. The second-order valence-corrected chi connectivity index (χ2v) is 7.04. The van der Waals surface area contributed by atoms with Gasteiger partial charge >= 0.3 is 6.09 Å². The van der Waals surface area contributed by atoms with Crippen LogP contribution in [0.15, 0.2) is 18.2 Å². The summed E-state index contributed by atoms with van der Waals surface area (Å²) in [4.78, 5) is 14.3. The van der Waals surface area contributed by atoms with Gasteiger partial charge in [0.15, 0.2) is 0 Å². The average Bonchev–Trinajstić information content (AvgIpc) is 2.76. The van der Waals surface area contributed by atoms with Gasteiger partial charge in [0, 0.05) is 12.1 Å². The van der Waals surface area contributed by atoms with Gasteiger partial charge in [-0.2, -0.15) is 0 Å². The Hall–Kier alpha value is -2.11. The molecule has 2 unspecified atom stereocenters. The normalized spacial score (nSPS) is 23.5. The quantitative estimate of drug-likeness (QED) is 0.839. The van der Waals surface area contributed by atoms with Crippen LogP contribution in [0.4, 0.5) is 4.79 Å². The molecule has 0 saturated carbocycles. The molecular weight excluding hydrogens is 294 g/mol. The number of hydrogen-bond donors (Lipinski definition) is 0. The second-order valence-electron chi connectivity index (χ2n) is 7.04.